The van der Waals surface area contributed by atoms with Crippen LogP contribution in [0.1, 0.15) is 18.3 Å². The summed E-state index contributed by atoms with van der Waals surface area (Å²) in [5.41, 5.74) is 1.01. The lowest BCUT2D eigenvalue weighted by molar-refractivity contribution is -0.131. The lowest BCUT2D eigenvalue weighted by Gasteiger charge is -2.31. The Morgan fingerprint density at radius 2 is 1.96 bits per heavy atom. The molecule has 0 unspecified atom stereocenters. The molecule has 8 heteroatoms. The van der Waals surface area contributed by atoms with E-state index in [-0.39, 0.29) is 5.97 Å². The molecule has 0 atom stereocenters. The Balaban J connectivity index is 1.72. The molecule has 1 saturated heterocycles. The summed E-state index contributed by atoms with van der Waals surface area (Å²) < 4.78 is 7.15. The number of piperazine rings is 1. The molecule has 0 aliphatic carbocycles. The zero-order valence-electron chi connectivity index (χ0n) is 14.6. The van der Waals surface area contributed by atoms with Crippen LogP contribution in [0.3, 0.4) is 0 Å². The normalized spacial score (nSPS) is 16.1. The Morgan fingerprint density at radius 1 is 1.20 bits per heavy atom. The molecule has 1 aromatic heterocycles. The second-order valence-corrected chi connectivity index (χ2v) is 6.72. The highest BCUT2D eigenvalue weighted by atomic mass is 32.1. The van der Waals surface area contributed by atoms with Crippen LogP contribution in [0, 0.1) is 0 Å². The Labute approximate surface area is 153 Å². The van der Waals surface area contributed by atoms with Crippen LogP contribution >= 0.6 is 12.6 Å². The Kier molecular flexibility index (Phi) is 5.72. The third-order valence-electron chi connectivity index (χ3n) is 4.27. The third kappa shape index (κ3) is 4.81. The zero-order chi connectivity index (χ0) is 17.8. The van der Waals surface area contributed by atoms with Crippen LogP contribution in [0.15, 0.2) is 29.4 Å². The van der Waals surface area contributed by atoms with Crippen molar-refractivity contribution in [2.75, 3.05) is 33.2 Å². The standard InChI is InChI=1S/C17H23N5O2S/c1-13(23)24-15-5-3-4-14(10-15)11-22-16(18-19-17(22)25)12-21-8-6-20(2)7-9-21/h3-5,10H,6-9,11-12H2,1-2H3,(H,19,25). The van der Waals surface area contributed by atoms with Gasteiger partial charge in [0, 0.05) is 33.1 Å². The first-order chi connectivity index (χ1) is 12.0. The molecule has 1 fully saturated rings. The van der Waals surface area contributed by atoms with Gasteiger partial charge in [0.2, 0.25) is 0 Å². The SMILES string of the molecule is CC(=O)Oc1cccc(Cn2c(S)nnc2CN2CCN(C)CC2)c1. The Hall–Kier alpha value is -1.90. The second-order valence-electron chi connectivity index (χ2n) is 6.32. The van der Waals surface area contributed by atoms with Crippen molar-refractivity contribution in [1.29, 1.82) is 0 Å². The van der Waals surface area contributed by atoms with E-state index in [0.29, 0.717) is 17.5 Å². The average Bonchev–Trinajstić information content (AvgIpc) is 2.90. The van der Waals surface area contributed by atoms with Crippen LogP contribution in [0.5, 0.6) is 5.75 Å². The highest BCUT2D eigenvalue weighted by Gasteiger charge is 2.18. The van der Waals surface area contributed by atoms with Crippen molar-refractivity contribution >= 4 is 18.6 Å². The van der Waals surface area contributed by atoms with E-state index < -0.39 is 0 Å². The fraction of sp³-hybridized carbons (Fsp3) is 0.471. The van der Waals surface area contributed by atoms with Crippen LogP contribution in [0.2, 0.25) is 0 Å². The van der Waals surface area contributed by atoms with E-state index in [1.807, 2.05) is 22.8 Å². The number of aromatic nitrogens is 3. The molecule has 1 aromatic carbocycles. The predicted molar refractivity (Wildman–Crippen MR) is 96.9 cm³/mol. The largest absolute Gasteiger partial charge is 0.427 e. The summed E-state index contributed by atoms with van der Waals surface area (Å²) >= 11 is 4.44. The number of ether oxygens (including phenoxy) is 1. The molecule has 0 radical (unpaired) electrons. The Morgan fingerprint density at radius 3 is 2.68 bits per heavy atom. The van der Waals surface area contributed by atoms with E-state index in [1.165, 1.54) is 6.92 Å². The number of hydrogen-bond acceptors (Lipinski definition) is 7. The minimum absolute atomic E-state index is 0.327. The predicted octanol–water partition coefficient (Wildman–Crippen LogP) is 1.29. The molecule has 0 amide bonds. The summed E-state index contributed by atoms with van der Waals surface area (Å²) in [4.78, 5) is 15.8. The van der Waals surface area contributed by atoms with Gasteiger partial charge in [0.15, 0.2) is 5.16 Å². The molecule has 1 aliphatic rings. The highest BCUT2D eigenvalue weighted by Crippen LogP contribution is 2.18. The smallest absolute Gasteiger partial charge is 0.308 e. The summed E-state index contributed by atoms with van der Waals surface area (Å²) in [5.74, 6) is 1.11. The summed E-state index contributed by atoms with van der Waals surface area (Å²) in [6, 6.07) is 7.48. The van der Waals surface area contributed by atoms with Crippen LogP contribution in [0.25, 0.3) is 0 Å². The van der Waals surface area contributed by atoms with Gasteiger partial charge in [-0.25, -0.2) is 0 Å². The van der Waals surface area contributed by atoms with Crippen molar-refractivity contribution in [3.63, 3.8) is 0 Å². The number of carbonyl (C=O) groups excluding carboxylic acids is 1. The van der Waals surface area contributed by atoms with Gasteiger partial charge in [0.05, 0.1) is 13.1 Å². The van der Waals surface area contributed by atoms with E-state index >= 15 is 0 Å². The topological polar surface area (TPSA) is 63.5 Å². The molecule has 3 rings (SSSR count). The monoisotopic (exact) mass is 361 g/mol. The van der Waals surface area contributed by atoms with E-state index in [1.54, 1.807) is 6.07 Å². The van der Waals surface area contributed by atoms with Crippen molar-refractivity contribution < 1.29 is 9.53 Å². The number of esters is 1. The molecule has 0 bridgehead atoms. The van der Waals surface area contributed by atoms with Gasteiger partial charge < -0.3 is 14.2 Å². The summed E-state index contributed by atoms with van der Waals surface area (Å²) in [7, 11) is 2.14. The number of benzene rings is 1. The maximum atomic E-state index is 11.1. The molecule has 0 spiro atoms. The second kappa shape index (κ2) is 7.99. The molecule has 2 aromatic rings. The van der Waals surface area contributed by atoms with Crippen molar-refractivity contribution in [2.45, 2.75) is 25.2 Å². The lowest BCUT2D eigenvalue weighted by atomic mass is 10.2. The molecule has 2 heterocycles. The van der Waals surface area contributed by atoms with Crippen molar-refractivity contribution in [2.24, 2.45) is 0 Å². The molecular weight excluding hydrogens is 338 g/mol. The molecule has 134 valence electrons. The van der Waals surface area contributed by atoms with Crippen LogP contribution < -0.4 is 4.74 Å². The number of rotatable bonds is 5. The summed E-state index contributed by atoms with van der Waals surface area (Å²) in [6.45, 7) is 6.90. The van der Waals surface area contributed by atoms with Gasteiger partial charge in [-0.1, -0.05) is 12.1 Å². The number of thiol groups is 1. The van der Waals surface area contributed by atoms with Crippen LogP contribution in [-0.4, -0.2) is 63.8 Å². The Bertz CT molecular complexity index is 740. The van der Waals surface area contributed by atoms with E-state index in [4.69, 9.17) is 4.74 Å². The first kappa shape index (κ1) is 17.9. The molecule has 0 N–H and O–H groups in total. The minimum Gasteiger partial charge on any atom is -0.427 e. The quantitative estimate of drug-likeness (QED) is 0.492. The van der Waals surface area contributed by atoms with Crippen LogP contribution in [0.4, 0.5) is 0 Å². The average molecular weight is 361 g/mol. The minimum atomic E-state index is -0.327. The number of nitrogens with zero attached hydrogens (tertiary/aromatic N) is 5. The number of likely N-dealkylation sites (N-methyl/N-ethyl adjacent to an activating group) is 1. The van der Waals surface area contributed by atoms with Crippen molar-refractivity contribution in [1.82, 2.24) is 24.6 Å². The molecular formula is C17H23N5O2S. The number of hydrogen-bond donors (Lipinski definition) is 1. The highest BCUT2D eigenvalue weighted by molar-refractivity contribution is 7.80. The summed E-state index contributed by atoms with van der Waals surface area (Å²) in [5, 5.41) is 9.00. The molecule has 7 nitrogen and oxygen atoms in total. The van der Waals surface area contributed by atoms with Crippen LogP contribution in [-0.2, 0) is 17.9 Å². The van der Waals surface area contributed by atoms with E-state index in [0.717, 1.165) is 44.1 Å². The van der Waals surface area contributed by atoms with Gasteiger partial charge in [0.25, 0.3) is 0 Å². The lowest BCUT2D eigenvalue weighted by Crippen LogP contribution is -2.44. The fourth-order valence-corrected chi connectivity index (χ4v) is 3.10. The van der Waals surface area contributed by atoms with Gasteiger partial charge >= 0.3 is 5.97 Å². The maximum absolute atomic E-state index is 11.1. The molecule has 0 saturated carbocycles. The first-order valence-corrected chi connectivity index (χ1v) is 8.75. The van der Waals surface area contributed by atoms with Gasteiger partial charge in [-0.05, 0) is 24.7 Å². The van der Waals surface area contributed by atoms with E-state index in [9.17, 15) is 4.79 Å². The van der Waals surface area contributed by atoms with Gasteiger partial charge in [-0.2, -0.15) is 0 Å². The summed E-state index contributed by atoms with van der Waals surface area (Å²) in [6.07, 6.45) is 0. The third-order valence-corrected chi connectivity index (χ3v) is 4.60. The maximum Gasteiger partial charge on any atom is 0.308 e. The van der Waals surface area contributed by atoms with E-state index in [2.05, 4.69) is 39.7 Å². The number of carbonyl (C=O) groups is 1. The van der Waals surface area contributed by atoms with Gasteiger partial charge in [0.1, 0.15) is 11.6 Å². The first-order valence-electron chi connectivity index (χ1n) is 8.30. The molecule has 25 heavy (non-hydrogen) atoms. The van der Waals surface area contributed by atoms with Crippen molar-refractivity contribution in [3.05, 3.63) is 35.7 Å². The molecule has 1 aliphatic heterocycles. The van der Waals surface area contributed by atoms with Crippen molar-refractivity contribution in [3.8, 4) is 5.75 Å². The zero-order valence-corrected chi connectivity index (χ0v) is 15.4. The fourth-order valence-electron chi connectivity index (χ4n) is 2.87. The van der Waals surface area contributed by atoms with Gasteiger partial charge in [-0.3, -0.25) is 9.69 Å². The van der Waals surface area contributed by atoms with Gasteiger partial charge in [-0.15, -0.1) is 22.8 Å².